The number of nitrogens with one attached hydrogen (secondary N) is 1. The summed E-state index contributed by atoms with van der Waals surface area (Å²) in [6.45, 7) is 2.71. The summed E-state index contributed by atoms with van der Waals surface area (Å²) >= 11 is 0. The Morgan fingerprint density at radius 3 is 2.94 bits per heavy atom. The van der Waals surface area contributed by atoms with Crippen molar-refractivity contribution in [3.05, 3.63) is 30.1 Å². The van der Waals surface area contributed by atoms with Gasteiger partial charge in [-0.05, 0) is 18.6 Å². The zero-order chi connectivity index (χ0) is 12.5. The van der Waals surface area contributed by atoms with Crippen LogP contribution in [0.2, 0.25) is 0 Å². The van der Waals surface area contributed by atoms with Crippen molar-refractivity contribution in [1.29, 1.82) is 0 Å². The summed E-state index contributed by atoms with van der Waals surface area (Å²) < 4.78 is 0. The molecule has 1 aromatic rings. The van der Waals surface area contributed by atoms with E-state index in [0.717, 1.165) is 25.0 Å². The van der Waals surface area contributed by atoms with Gasteiger partial charge in [0, 0.05) is 24.9 Å². The number of aromatic nitrogens is 1. The van der Waals surface area contributed by atoms with Gasteiger partial charge in [-0.25, -0.2) is 0 Å². The number of unbranched alkanes of at least 4 members (excludes halogenated alkanes) is 1. The van der Waals surface area contributed by atoms with Crippen LogP contribution in [-0.2, 0) is 11.2 Å². The number of nitrogens with zero attached hydrogens (tertiary/aromatic N) is 1. The molecule has 17 heavy (non-hydrogen) atoms. The predicted octanol–water partition coefficient (Wildman–Crippen LogP) is 1.86. The number of aliphatic carboxylic acids is 1. The first-order valence-corrected chi connectivity index (χ1v) is 6.10. The van der Waals surface area contributed by atoms with Crippen LogP contribution in [0.4, 0.5) is 0 Å². The van der Waals surface area contributed by atoms with Gasteiger partial charge in [-0.1, -0.05) is 25.8 Å². The number of carboxylic acids is 1. The van der Waals surface area contributed by atoms with E-state index in [2.05, 4.69) is 17.2 Å². The number of carboxylic acid groups (broad SMARTS) is 1. The molecule has 1 aromatic heterocycles. The molecule has 0 spiro atoms. The highest BCUT2D eigenvalue weighted by Crippen LogP contribution is 2.01. The first-order chi connectivity index (χ1) is 8.24. The average Bonchev–Trinajstić information content (AvgIpc) is 2.34. The number of hydrogen-bond acceptors (Lipinski definition) is 3. The first kappa shape index (κ1) is 13.6. The second-order valence-electron chi connectivity index (χ2n) is 4.06. The molecule has 1 heterocycles. The topological polar surface area (TPSA) is 62.2 Å². The van der Waals surface area contributed by atoms with Crippen LogP contribution in [0.25, 0.3) is 0 Å². The number of hydrogen-bond donors (Lipinski definition) is 2. The molecule has 0 saturated carbocycles. The monoisotopic (exact) mass is 236 g/mol. The van der Waals surface area contributed by atoms with Gasteiger partial charge in [0.05, 0.1) is 0 Å². The molecular formula is C13H20N2O2. The Balaban J connectivity index is 2.29. The second-order valence-corrected chi connectivity index (χ2v) is 4.06. The van der Waals surface area contributed by atoms with E-state index in [1.54, 1.807) is 6.20 Å². The Hall–Kier alpha value is -1.42. The van der Waals surface area contributed by atoms with E-state index in [1.807, 2.05) is 18.2 Å². The summed E-state index contributed by atoms with van der Waals surface area (Å²) in [6, 6.07) is 5.33. The second kappa shape index (κ2) is 7.79. The molecule has 1 atom stereocenters. The van der Waals surface area contributed by atoms with E-state index in [1.165, 1.54) is 0 Å². The van der Waals surface area contributed by atoms with Gasteiger partial charge >= 0.3 is 5.97 Å². The van der Waals surface area contributed by atoms with Crippen LogP contribution >= 0.6 is 0 Å². The molecule has 4 heteroatoms. The van der Waals surface area contributed by atoms with Crippen LogP contribution < -0.4 is 5.32 Å². The Kier molecular flexibility index (Phi) is 6.25. The van der Waals surface area contributed by atoms with Gasteiger partial charge in [0.2, 0.25) is 0 Å². The van der Waals surface area contributed by atoms with Gasteiger partial charge < -0.3 is 10.4 Å². The molecule has 2 N–H and O–H groups in total. The van der Waals surface area contributed by atoms with Crippen LogP contribution in [0, 0.1) is 0 Å². The normalized spacial score (nSPS) is 12.3. The van der Waals surface area contributed by atoms with Gasteiger partial charge in [0.25, 0.3) is 0 Å². The minimum absolute atomic E-state index is 0.432. The minimum Gasteiger partial charge on any atom is -0.480 e. The first-order valence-electron chi connectivity index (χ1n) is 6.10. The Morgan fingerprint density at radius 2 is 2.35 bits per heavy atom. The zero-order valence-corrected chi connectivity index (χ0v) is 10.2. The lowest BCUT2D eigenvalue weighted by molar-refractivity contribution is -0.139. The fourth-order valence-corrected chi connectivity index (χ4v) is 1.64. The number of rotatable bonds is 8. The van der Waals surface area contributed by atoms with Crippen LogP contribution in [0.15, 0.2) is 24.4 Å². The van der Waals surface area contributed by atoms with Gasteiger partial charge in [-0.15, -0.1) is 0 Å². The molecule has 1 unspecified atom stereocenters. The molecule has 0 aliphatic heterocycles. The summed E-state index contributed by atoms with van der Waals surface area (Å²) in [5.74, 6) is -0.764. The number of carbonyl (C=O) groups is 1. The van der Waals surface area contributed by atoms with E-state index in [9.17, 15) is 4.79 Å². The average molecular weight is 236 g/mol. The number of pyridine rings is 1. The molecule has 0 fully saturated rings. The molecule has 4 nitrogen and oxygen atoms in total. The fourth-order valence-electron chi connectivity index (χ4n) is 1.64. The van der Waals surface area contributed by atoms with Crippen LogP contribution in [-0.4, -0.2) is 28.6 Å². The van der Waals surface area contributed by atoms with Crippen LogP contribution in [0.1, 0.15) is 31.9 Å². The maximum atomic E-state index is 11.0. The van der Waals surface area contributed by atoms with E-state index in [4.69, 9.17) is 5.11 Å². The third kappa shape index (κ3) is 5.45. The maximum absolute atomic E-state index is 11.0. The van der Waals surface area contributed by atoms with Crippen LogP contribution in [0.5, 0.6) is 0 Å². The third-order valence-electron chi connectivity index (χ3n) is 2.64. The van der Waals surface area contributed by atoms with Crippen molar-refractivity contribution in [2.75, 3.05) is 6.54 Å². The summed E-state index contributed by atoms with van der Waals surface area (Å²) in [7, 11) is 0. The van der Waals surface area contributed by atoms with Crippen LogP contribution in [0.3, 0.4) is 0 Å². The minimum atomic E-state index is -0.764. The molecule has 1 rings (SSSR count). The fraction of sp³-hybridized carbons (Fsp3) is 0.538. The van der Waals surface area contributed by atoms with E-state index < -0.39 is 12.0 Å². The molecule has 0 saturated heterocycles. The Bertz CT molecular complexity index is 327. The van der Waals surface area contributed by atoms with E-state index in [0.29, 0.717) is 13.0 Å². The van der Waals surface area contributed by atoms with Crippen molar-refractivity contribution in [3.8, 4) is 0 Å². The summed E-state index contributed by atoms with van der Waals surface area (Å²) in [4.78, 5) is 15.2. The largest absolute Gasteiger partial charge is 0.480 e. The maximum Gasteiger partial charge on any atom is 0.320 e. The van der Waals surface area contributed by atoms with Crippen molar-refractivity contribution in [2.45, 2.75) is 38.6 Å². The zero-order valence-electron chi connectivity index (χ0n) is 10.2. The lowest BCUT2D eigenvalue weighted by Gasteiger charge is -2.13. The van der Waals surface area contributed by atoms with E-state index in [-0.39, 0.29) is 0 Å². The molecule has 0 aliphatic carbocycles. The highest BCUT2D eigenvalue weighted by atomic mass is 16.4. The molecule has 0 bridgehead atoms. The highest BCUT2D eigenvalue weighted by molar-refractivity contribution is 5.73. The molecule has 0 radical (unpaired) electrons. The van der Waals surface area contributed by atoms with E-state index >= 15 is 0 Å². The van der Waals surface area contributed by atoms with Gasteiger partial charge in [-0.2, -0.15) is 0 Å². The summed E-state index contributed by atoms with van der Waals surface area (Å²) in [5.41, 5.74) is 0.986. The lowest BCUT2D eigenvalue weighted by Crippen LogP contribution is -2.37. The van der Waals surface area contributed by atoms with Gasteiger partial charge in [0.1, 0.15) is 6.04 Å². The quantitative estimate of drug-likeness (QED) is 0.723. The molecule has 0 amide bonds. The van der Waals surface area contributed by atoms with Gasteiger partial charge in [-0.3, -0.25) is 9.78 Å². The summed E-state index contributed by atoms with van der Waals surface area (Å²) in [6.07, 6.45) is 5.16. The standard InChI is InChI=1S/C13H20N2O2/c1-2-3-7-12(13(16)17)15-10-8-11-6-4-5-9-14-11/h4-6,9,12,15H,2-3,7-8,10H2,1H3,(H,16,17). The summed E-state index contributed by atoms with van der Waals surface area (Å²) in [5, 5.41) is 12.1. The molecular weight excluding hydrogens is 216 g/mol. The molecule has 0 aliphatic rings. The third-order valence-corrected chi connectivity index (χ3v) is 2.64. The lowest BCUT2D eigenvalue weighted by atomic mass is 10.1. The molecule has 94 valence electrons. The van der Waals surface area contributed by atoms with Crippen molar-refractivity contribution in [1.82, 2.24) is 10.3 Å². The Labute approximate surface area is 102 Å². The van der Waals surface area contributed by atoms with Gasteiger partial charge in [0.15, 0.2) is 0 Å². The van der Waals surface area contributed by atoms with Crippen molar-refractivity contribution >= 4 is 5.97 Å². The highest BCUT2D eigenvalue weighted by Gasteiger charge is 2.15. The van der Waals surface area contributed by atoms with Crippen molar-refractivity contribution in [2.24, 2.45) is 0 Å². The van der Waals surface area contributed by atoms with Crippen molar-refractivity contribution in [3.63, 3.8) is 0 Å². The SMILES string of the molecule is CCCCC(NCCc1ccccn1)C(=O)O. The predicted molar refractivity (Wildman–Crippen MR) is 66.9 cm³/mol. The Morgan fingerprint density at radius 1 is 1.53 bits per heavy atom. The molecule has 0 aromatic carbocycles. The van der Waals surface area contributed by atoms with Crippen molar-refractivity contribution < 1.29 is 9.90 Å². The smallest absolute Gasteiger partial charge is 0.320 e.